The highest BCUT2D eigenvalue weighted by Gasteiger charge is 1.94. The van der Waals surface area contributed by atoms with Crippen LogP contribution < -0.4 is 5.73 Å². The summed E-state index contributed by atoms with van der Waals surface area (Å²) in [6.45, 7) is 0. The Morgan fingerprint density at radius 3 is 2.92 bits per heavy atom. The molecule has 0 aliphatic carbocycles. The summed E-state index contributed by atoms with van der Waals surface area (Å²) < 4.78 is 0.953. The maximum Gasteiger partial charge on any atom is 0.0912 e. The van der Waals surface area contributed by atoms with Crippen molar-refractivity contribution in [3.05, 3.63) is 34.3 Å². The van der Waals surface area contributed by atoms with E-state index >= 15 is 0 Å². The Bertz CT molecular complexity index is 350. The minimum atomic E-state index is 0.671. The fourth-order valence-corrected chi connectivity index (χ4v) is 1.20. The van der Waals surface area contributed by atoms with Gasteiger partial charge in [0.2, 0.25) is 0 Å². The highest BCUT2D eigenvalue weighted by molar-refractivity contribution is 9.10. The molecular weight excluding hydrogens is 216 g/mol. The molecule has 0 saturated carbocycles. The van der Waals surface area contributed by atoms with Crippen molar-refractivity contribution in [2.45, 2.75) is 0 Å². The zero-order chi connectivity index (χ0) is 8.97. The minimum absolute atomic E-state index is 0.671. The standard InChI is InChI=1S/C9H7BrN2/c10-8-3-4-9(12)7(6-8)2-1-5-11/h1-4,6H,12H2. The molecule has 1 aromatic carbocycles. The van der Waals surface area contributed by atoms with Gasteiger partial charge in [-0.05, 0) is 29.8 Å². The molecular formula is C9H7BrN2. The number of nitrogens with two attached hydrogens (primary N) is 1. The SMILES string of the molecule is N#CC=Cc1cc(Br)ccc1N. The van der Waals surface area contributed by atoms with Crippen LogP contribution in [0.15, 0.2) is 28.7 Å². The molecule has 2 N–H and O–H groups in total. The number of nitrogen functional groups attached to an aromatic ring is 1. The molecule has 60 valence electrons. The zero-order valence-electron chi connectivity index (χ0n) is 6.29. The molecule has 0 saturated heterocycles. The molecule has 0 spiro atoms. The van der Waals surface area contributed by atoms with E-state index in [9.17, 15) is 0 Å². The smallest absolute Gasteiger partial charge is 0.0912 e. The average Bonchev–Trinajstić information content (AvgIpc) is 2.07. The molecule has 0 radical (unpaired) electrons. The van der Waals surface area contributed by atoms with Gasteiger partial charge < -0.3 is 5.73 Å². The molecule has 0 aromatic heterocycles. The number of rotatable bonds is 1. The summed E-state index contributed by atoms with van der Waals surface area (Å²) in [6, 6.07) is 7.43. The van der Waals surface area contributed by atoms with Crippen LogP contribution in [0.2, 0.25) is 0 Å². The highest BCUT2D eigenvalue weighted by Crippen LogP contribution is 2.19. The lowest BCUT2D eigenvalue weighted by molar-refractivity contribution is 1.53. The first-order valence-electron chi connectivity index (χ1n) is 3.35. The van der Waals surface area contributed by atoms with Gasteiger partial charge in [0.05, 0.1) is 6.07 Å². The van der Waals surface area contributed by atoms with Crippen molar-refractivity contribution in [3.8, 4) is 6.07 Å². The van der Waals surface area contributed by atoms with Gasteiger partial charge in [-0.15, -0.1) is 0 Å². The van der Waals surface area contributed by atoms with E-state index in [4.69, 9.17) is 11.0 Å². The molecule has 3 heteroatoms. The summed E-state index contributed by atoms with van der Waals surface area (Å²) in [4.78, 5) is 0. The summed E-state index contributed by atoms with van der Waals surface area (Å²) in [5.41, 5.74) is 7.17. The summed E-state index contributed by atoms with van der Waals surface area (Å²) in [5, 5.41) is 8.30. The topological polar surface area (TPSA) is 49.8 Å². The second kappa shape index (κ2) is 3.93. The van der Waals surface area contributed by atoms with Crippen LogP contribution in [-0.2, 0) is 0 Å². The van der Waals surface area contributed by atoms with Gasteiger partial charge >= 0.3 is 0 Å². The van der Waals surface area contributed by atoms with E-state index in [1.54, 1.807) is 12.1 Å². The second-order valence-electron chi connectivity index (χ2n) is 2.24. The van der Waals surface area contributed by atoms with E-state index in [2.05, 4.69) is 15.9 Å². The number of benzene rings is 1. The predicted octanol–water partition coefficient (Wildman–Crippen LogP) is 2.57. The molecule has 0 aliphatic heterocycles. The molecule has 1 rings (SSSR count). The van der Waals surface area contributed by atoms with Crippen molar-refractivity contribution in [2.75, 3.05) is 5.73 Å². The Morgan fingerprint density at radius 2 is 2.25 bits per heavy atom. The van der Waals surface area contributed by atoms with Gasteiger partial charge in [-0.1, -0.05) is 15.9 Å². The number of hydrogen-bond acceptors (Lipinski definition) is 2. The third-order valence-corrected chi connectivity index (χ3v) is 1.88. The molecule has 0 fully saturated rings. The van der Waals surface area contributed by atoms with Gasteiger partial charge in [0.15, 0.2) is 0 Å². The van der Waals surface area contributed by atoms with Crippen LogP contribution in [-0.4, -0.2) is 0 Å². The summed E-state index contributed by atoms with van der Waals surface area (Å²) in [7, 11) is 0. The first kappa shape index (κ1) is 8.82. The molecule has 0 heterocycles. The first-order chi connectivity index (χ1) is 5.74. The number of hydrogen-bond donors (Lipinski definition) is 1. The average molecular weight is 223 g/mol. The van der Waals surface area contributed by atoms with Crippen molar-refractivity contribution < 1.29 is 0 Å². The quantitative estimate of drug-likeness (QED) is 0.587. The fourth-order valence-electron chi connectivity index (χ4n) is 0.817. The normalized spacial score (nSPS) is 10.0. The summed E-state index contributed by atoms with van der Waals surface area (Å²) >= 11 is 3.32. The Labute approximate surface area is 79.4 Å². The van der Waals surface area contributed by atoms with E-state index in [1.807, 2.05) is 18.2 Å². The van der Waals surface area contributed by atoms with Gasteiger partial charge in [0.25, 0.3) is 0 Å². The Balaban J connectivity index is 3.07. The zero-order valence-corrected chi connectivity index (χ0v) is 7.88. The van der Waals surface area contributed by atoms with E-state index in [-0.39, 0.29) is 0 Å². The van der Waals surface area contributed by atoms with Gasteiger partial charge in [0, 0.05) is 16.2 Å². The van der Waals surface area contributed by atoms with Gasteiger partial charge in [-0.3, -0.25) is 0 Å². The van der Waals surface area contributed by atoms with Crippen LogP contribution in [0.5, 0.6) is 0 Å². The van der Waals surface area contributed by atoms with E-state index in [1.165, 1.54) is 6.08 Å². The van der Waals surface area contributed by atoms with Crippen molar-refractivity contribution in [1.29, 1.82) is 5.26 Å². The number of halogens is 1. The Hall–Kier alpha value is -1.27. The minimum Gasteiger partial charge on any atom is -0.398 e. The largest absolute Gasteiger partial charge is 0.398 e. The number of anilines is 1. The number of allylic oxidation sites excluding steroid dienone is 1. The maximum absolute atomic E-state index is 8.30. The molecule has 0 unspecified atom stereocenters. The molecule has 1 aromatic rings. The lowest BCUT2D eigenvalue weighted by atomic mass is 10.2. The van der Waals surface area contributed by atoms with Gasteiger partial charge in [-0.25, -0.2) is 0 Å². The molecule has 12 heavy (non-hydrogen) atoms. The summed E-state index contributed by atoms with van der Waals surface area (Å²) in [5.74, 6) is 0. The van der Waals surface area contributed by atoms with Crippen LogP contribution in [0.4, 0.5) is 5.69 Å². The van der Waals surface area contributed by atoms with E-state index in [0.29, 0.717) is 5.69 Å². The molecule has 0 bridgehead atoms. The first-order valence-corrected chi connectivity index (χ1v) is 4.14. The monoisotopic (exact) mass is 222 g/mol. The Morgan fingerprint density at radius 1 is 1.50 bits per heavy atom. The van der Waals surface area contributed by atoms with Crippen LogP contribution >= 0.6 is 15.9 Å². The maximum atomic E-state index is 8.30. The van der Waals surface area contributed by atoms with E-state index in [0.717, 1.165) is 10.0 Å². The molecule has 0 aliphatic rings. The fraction of sp³-hybridized carbons (Fsp3) is 0. The lowest BCUT2D eigenvalue weighted by Crippen LogP contribution is -1.87. The third kappa shape index (κ3) is 2.11. The van der Waals surface area contributed by atoms with Gasteiger partial charge in [0.1, 0.15) is 0 Å². The highest BCUT2D eigenvalue weighted by atomic mass is 79.9. The molecule has 2 nitrogen and oxygen atoms in total. The van der Waals surface area contributed by atoms with Crippen LogP contribution in [0.1, 0.15) is 5.56 Å². The van der Waals surface area contributed by atoms with Crippen LogP contribution in [0.25, 0.3) is 6.08 Å². The van der Waals surface area contributed by atoms with Crippen LogP contribution in [0, 0.1) is 11.3 Å². The van der Waals surface area contributed by atoms with Gasteiger partial charge in [-0.2, -0.15) is 5.26 Å². The van der Waals surface area contributed by atoms with Crippen molar-refractivity contribution in [3.63, 3.8) is 0 Å². The number of nitrogens with zero attached hydrogens (tertiary/aromatic N) is 1. The predicted molar refractivity (Wildman–Crippen MR) is 53.2 cm³/mol. The van der Waals surface area contributed by atoms with Crippen LogP contribution in [0.3, 0.4) is 0 Å². The van der Waals surface area contributed by atoms with Crippen molar-refractivity contribution in [1.82, 2.24) is 0 Å². The number of nitriles is 1. The van der Waals surface area contributed by atoms with E-state index < -0.39 is 0 Å². The lowest BCUT2D eigenvalue weighted by Gasteiger charge is -1.99. The molecule has 0 amide bonds. The van der Waals surface area contributed by atoms with Crippen molar-refractivity contribution in [2.24, 2.45) is 0 Å². The second-order valence-corrected chi connectivity index (χ2v) is 3.15. The Kier molecular flexibility index (Phi) is 2.89. The molecule has 0 atom stereocenters. The summed E-state index contributed by atoms with van der Waals surface area (Å²) in [6.07, 6.45) is 3.08. The third-order valence-electron chi connectivity index (χ3n) is 1.39. The van der Waals surface area contributed by atoms with Crippen molar-refractivity contribution >= 4 is 27.7 Å².